The van der Waals surface area contributed by atoms with Gasteiger partial charge in [-0.15, -0.1) is 0 Å². The maximum absolute atomic E-state index is 5.76. The predicted molar refractivity (Wildman–Crippen MR) is 68.2 cm³/mol. The van der Waals surface area contributed by atoms with E-state index in [-0.39, 0.29) is 0 Å². The second-order valence-corrected chi connectivity index (χ2v) is 4.53. The van der Waals surface area contributed by atoms with Crippen LogP contribution in [0.25, 0.3) is 0 Å². The van der Waals surface area contributed by atoms with Gasteiger partial charge in [0.05, 0.1) is 0 Å². The van der Waals surface area contributed by atoms with E-state index in [9.17, 15) is 0 Å². The third-order valence-corrected chi connectivity index (χ3v) is 2.56. The van der Waals surface area contributed by atoms with Crippen molar-refractivity contribution in [2.75, 3.05) is 17.6 Å². The van der Waals surface area contributed by atoms with Gasteiger partial charge in [-0.25, -0.2) is 0 Å². The van der Waals surface area contributed by atoms with Gasteiger partial charge in [0.1, 0.15) is 0 Å². The topological polar surface area (TPSA) is 38.0 Å². The number of nitrogens with one attached hydrogen (secondary N) is 1. The van der Waals surface area contributed by atoms with Crippen LogP contribution in [0.3, 0.4) is 0 Å². The van der Waals surface area contributed by atoms with Gasteiger partial charge < -0.3 is 11.1 Å². The first-order valence-electron chi connectivity index (χ1n) is 5.69. The zero-order valence-corrected chi connectivity index (χ0v) is 10.0. The summed E-state index contributed by atoms with van der Waals surface area (Å²) in [4.78, 5) is 0. The van der Waals surface area contributed by atoms with Gasteiger partial charge in [-0.2, -0.15) is 0 Å². The molecule has 0 spiro atoms. The van der Waals surface area contributed by atoms with Gasteiger partial charge in [0.2, 0.25) is 0 Å². The van der Waals surface area contributed by atoms with Crippen molar-refractivity contribution in [2.24, 2.45) is 5.92 Å². The van der Waals surface area contributed by atoms with Crippen molar-refractivity contribution in [2.45, 2.75) is 33.6 Å². The van der Waals surface area contributed by atoms with E-state index < -0.39 is 0 Å². The minimum Gasteiger partial charge on any atom is -0.399 e. The molecule has 0 radical (unpaired) electrons. The molecule has 2 nitrogen and oxygen atoms in total. The van der Waals surface area contributed by atoms with Crippen molar-refractivity contribution in [1.29, 1.82) is 0 Å². The van der Waals surface area contributed by atoms with Crippen LogP contribution in [0, 0.1) is 12.8 Å². The average molecular weight is 206 g/mol. The van der Waals surface area contributed by atoms with Crippen molar-refractivity contribution >= 4 is 11.4 Å². The summed E-state index contributed by atoms with van der Waals surface area (Å²) in [6.07, 6.45) is 2.50. The molecule has 0 aliphatic carbocycles. The van der Waals surface area contributed by atoms with Crippen LogP contribution in [0.5, 0.6) is 0 Å². The molecule has 0 amide bonds. The van der Waals surface area contributed by atoms with Gasteiger partial charge in [-0.05, 0) is 49.4 Å². The number of aryl methyl sites for hydroxylation is 1. The summed E-state index contributed by atoms with van der Waals surface area (Å²) in [6, 6.07) is 6.10. The first-order valence-corrected chi connectivity index (χ1v) is 5.69. The lowest BCUT2D eigenvalue weighted by Gasteiger charge is -2.09. The van der Waals surface area contributed by atoms with E-state index in [1.165, 1.54) is 18.5 Å². The standard InChI is InChI=1S/C13H22N2/c1-10(2)5-4-8-15-12-6-7-13(14)11(3)9-12/h6-7,9-10,15H,4-5,8,14H2,1-3H3. The van der Waals surface area contributed by atoms with Gasteiger partial charge in [0, 0.05) is 17.9 Å². The first-order chi connectivity index (χ1) is 7.09. The van der Waals surface area contributed by atoms with Crippen molar-refractivity contribution in [3.05, 3.63) is 23.8 Å². The Balaban J connectivity index is 2.35. The van der Waals surface area contributed by atoms with E-state index in [0.29, 0.717) is 0 Å². The van der Waals surface area contributed by atoms with Gasteiger partial charge in [-0.3, -0.25) is 0 Å². The van der Waals surface area contributed by atoms with Crippen molar-refractivity contribution < 1.29 is 0 Å². The summed E-state index contributed by atoms with van der Waals surface area (Å²) < 4.78 is 0. The smallest absolute Gasteiger partial charge is 0.0345 e. The highest BCUT2D eigenvalue weighted by atomic mass is 14.9. The minimum atomic E-state index is 0.792. The Labute approximate surface area is 92.9 Å². The zero-order chi connectivity index (χ0) is 11.3. The first kappa shape index (κ1) is 11.9. The number of hydrogen-bond acceptors (Lipinski definition) is 2. The molecule has 0 aromatic heterocycles. The molecule has 0 saturated heterocycles. The predicted octanol–water partition coefficient (Wildman–Crippen LogP) is 3.43. The Morgan fingerprint density at radius 2 is 2.07 bits per heavy atom. The van der Waals surface area contributed by atoms with Gasteiger partial charge in [-0.1, -0.05) is 13.8 Å². The second kappa shape index (κ2) is 5.64. The molecule has 15 heavy (non-hydrogen) atoms. The van der Waals surface area contributed by atoms with Gasteiger partial charge >= 0.3 is 0 Å². The number of anilines is 2. The van der Waals surface area contributed by atoms with Crippen LogP contribution in [-0.2, 0) is 0 Å². The summed E-state index contributed by atoms with van der Waals surface area (Å²) in [5, 5.41) is 3.41. The van der Waals surface area contributed by atoms with E-state index in [1.807, 2.05) is 19.1 Å². The molecule has 0 heterocycles. The molecule has 3 N–H and O–H groups in total. The summed E-state index contributed by atoms with van der Waals surface area (Å²) in [5.41, 5.74) is 8.93. The number of hydrogen-bond donors (Lipinski definition) is 2. The largest absolute Gasteiger partial charge is 0.399 e. The molecular weight excluding hydrogens is 184 g/mol. The number of nitrogen functional groups attached to an aromatic ring is 1. The molecule has 84 valence electrons. The van der Waals surface area contributed by atoms with Crippen LogP contribution in [-0.4, -0.2) is 6.54 Å². The fourth-order valence-electron chi connectivity index (χ4n) is 1.53. The van der Waals surface area contributed by atoms with Crippen LogP contribution in [0.2, 0.25) is 0 Å². The van der Waals surface area contributed by atoms with E-state index in [0.717, 1.165) is 23.7 Å². The third kappa shape index (κ3) is 4.24. The lowest BCUT2D eigenvalue weighted by atomic mass is 10.1. The molecule has 0 aliphatic heterocycles. The van der Waals surface area contributed by atoms with E-state index in [2.05, 4.69) is 25.2 Å². The maximum atomic E-state index is 5.76. The Morgan fingerprint density at radius 1 is 1.33 bits per heavy atom. The Kier molecular flexibility index (Phi) is 4.47. The molecule has 2 heteroatoms. The second-order valence-electron chi connectivity index (χ2n) is 4.53. The summed E-state index contributed by atoms with van der Waals surface area (Å²) >= 11 is 0. The molecule has 0 saturated carbocycles. The number of nitrogens with two attached hydrogens (primary N) is 1. The molecule has 1 aromatic carbocycles. The fourth-order valence-corrected chi connectivity index (χ4v) is 1.53. The average Bonchev–Trinajstić information content (AvgIpc) is 2.18. The fraction of sp³-hybridized carbons (Fsp3) is 0.538. The lowest BCUT2D eigenvalue weighted by molar-refractivity contribution is 0.567. The van der Waals surface area contributed by atoms with Crippen LogP contribution in [0.4, 0.5) is 11.4 Å². The number of rotatable bonds is 5. The molecule has 1 aromatic rings. The molecule has 0 unspecified atom stereocenters. The Bertz CT molecular complexity index is 305. The minimum absolute atomic E-state index is 0.792. The van der Waals surface area contributed by atoms with Crippen LogP contribution >= 0.6 is 0 Å². The van der Waals surface area contributed by atoms with E-state index in [1.54, 1.807) is 0 Å². The highest BCUT2D eigenvalue weighted by Crippen LogP contribution is 2.16. The van der Waals surface area contributed by atoms with Crippen molar-refractivity contribution in [1.82, 2.24) is 0 Å². The zero-order valence-electron chi connectivity index (χ0n) is 10.0. The highest BCUT2D eigenvalue weighted by Gasteiger charge is 1.97. The normalized spacial score (nSPS) is 10.7. The molecule has 1 rings (SSSR count). The molecule has 0 bridgehead atoms. The Morgan fingerprint density at radius 3 is 2.67 bits per heavy atom. The molecular formula is C13H22N2. The van der Waals surface area contributed by atoms with Crippen LogP contribution < -0.4 is 11.1 Å². The van der Waals surface area contributed by atoms with Crippen molar-refractivity contribution in [3.8, 4) is 0 Å². The van der Waals surface area contributed by atoms with E-state index >= 15 is 0 Å². The Hall–Kier alpha value is -1.18. The summed E-state index contributed by atoms with van der Waals surface area (Å²) in [5.74, 6) is 0.792. The lowest BCUT2D eigenvalue weighted by Crippen LogP contribution is -2.03. The summed E-state index contributed by atoms with van der Waals surface area (Å²) in [7, 11) is 0. The molecule has 0 aliphatic rings. The molecule has 0 fully saturated rings. The van der Waals surface area contributed by atoms with Crippen LogP contribution in [0.1, 0.15) is 32.3 Å². The maximum Gasteiger partial charge on any atom is 0.0345 e. The summed E-state index contributed by atoms with van der Waals surface area (Å²) in [6.45, 7) is 7.59. The highest BCUT2D eigenvalue weighted by molar-refractivity contribution is 5.56. The van der Waals surface area contributed by atoms with Gasteiger partial charge in [0.25, 0.3) is 0 Å². The monoisotopic (exact) mass is 206 g/mol. The van der Waals surface area contributed by atoms with Crippen LogP contribution in [0.15, 0.2) is 18.2 Å². The quantitative estimate of drug-likeness (QED) is 0.572. The SMILES string of the molecule is Cc1cc(NCCCC(C)C)ccc1N. The molecule has 0 atom stereocenters. The third-order valence-electron chi connectivity index (χ3n) is 2.56. The number of benzene rings is 1. The van der Waals surface area contributed by atoms with Crippen molar-refractivity contribution in [3.63, 3.8) is 0 Å². The van der Waals surface area contributed by atoms with Gasteiger partial charge in [0.15, 0.2) is 0 Å². The van der Waals surface area contributed by atoms with E-state index in [4.69, 9.17) is 5.73 Å².